The Labute approximate surface area is 94.9 Å². The molecule has 0 aliphatic heterocycles. The highest BCUT2D eigenvalue weighted by atomic mass is 79.9. The molecule has 15 heavy (non-hydrogen) atoms. The lowest BCUT2D eigenvalue weighted by molar-refractivity contribution is 0.472. The summed E-state index contributed by atoms with van der Waals surface area (Å²) in [6, 6.07) is 10.2. The standard InChI is InChI=1S/C11H7BrFNO/c12-8-2-1-3-9(6-8)15-10-4-5-14-11(13)7-10/h1-7H. The molecule has 1 aromatic heterocycles. The van der Waals surface area contributed by atoms with Crippen LogP contribution < -0.4 is 4.74 Å². The van der Waals surface area contributed by atoms with Gasteiger partial charge in [0.15, 0.2) is 0 Å². The first-order valence-electron chi connectivity index (χ1n) is 4.29. The Morgan fingerprint density at radius 3 is 2.67 bits per heavy atom. The maximum absolute atomic E-state index is 12.7. The Bertz CT molecular complexity index is 432. The van der Waals surface area contributed by atoms with Crippen LogP contribution in [0.25, 0.3) is 0 Å². The third-order valence-corrected chi connectivity index (χ3v) is 2.22. The number of halogens is 2. The van der Waals surface area contributed by atoms with Gasteiger partial charge >= 0.3 is 0 Å². The molecule has 4 heteroatoms. The van der Waals surface area contributed by atoms with Gasteiger partial charge < -0.3 is 4.74 Å². The fourth-order valence-electron chi connectivity index (χ4n) is 1.11. The van der Waals surface area contributed by atoms with Crippen LogP contribution in [0.1, 0.15) is 0 Å². The summed E-state index contributed by atoms with van der Waals surface area (Å²) in [5.41, 5.74) is 0. The average molecular weight is 268 g/mol. The molecule has 0 N–H and O–H groups in total. The van der Waals surface area contributed by atoms with Gasteiger partial charge in [0.2, 0.25) is 5.95 Å². The van der Waals surface area contributed by atoms with Gasteiger partial charge in [-0.2, -0.15) is 4.39 Å². The van der Waals surface area contributed by atoms with Crippen molar-refractivity contribution in [2.45, 2.75) is 0 Å². The van der Waals surface area contributed by atoms with Crippen molar-refractivity contribution >= 4 is 15.9 Å². The third kappa shape index (κ3) is 2.76. The van der Waals surface area contributed by atoms with E-state index in [9.17, 15) is 4.39 Å². The van der Waals surface area contributed by atoms with E-state index in [1.54, 1.807) is 18.2 Å². The Morgan fingerprint density at radius 2 is 1.93 bits per heavy atom. The van der Waals surface area contributed by atoms with E-state index in [1.807, 2.05) is 12.1 Å². The van der Waals surface area contributed by atoms with Crippen LogP contribution in [0, 0.1) is 5.95 Å². The van der Waals surface area contributed by atoms with E-state index in [2.05, 4.69) is 20.9 Å². The van der Waals surface area contributed by atoms with Crippen molar-refractivity contribution in [2.24, 2.45) is 0 Å². The predicted octanol–water partition coefficient (Wildman–Crippen LogP) is 3.78. The monoisotopic (exact) mass is 267 g/mol. The van der Waals surface area contributed by atoms with Gasteiger partial charge in [0.05, 0.1) is 0 Å². The minimum absolute atomic E-state index is 0.431. The van der Waals surface area contributed by atoms with Crippen molar-refractivity contribution in [3.05, 3.63) is 53.0 Å². The van der Waals surface area contributed by atoms with Crippen LogP contribution in [-0.2, 0) is 0 Å². The van der Waals surface area contributed by atoms with Crippen LogP contribution in [0.2, 0.25) is 0 Å². The van der Waals surface area contributed by atoms with Crippen LogP contribution in [0.3, 0.4) is 0 Å². The van der Waals surface area contributed by atoms with Gasteiger partial charge in [-0.3, -0.25) is 0 Å². The summed E-state index contributed by atoms with van der Waals surface area (Å²) in [6.07, 6.45) is 1.36. The molecule has 0 aliphatic rings. The number of pyridine rings is 1. The molecule has 0 fully saturated rings. The zero-order valence-electron chi connectivity index (χ0n) is 7.65. The second-order valence-corrected chi connectivity index (χ2v) is 3.79. The van der Waals surface area contributed by atoms with E-state index < -0.39 is 5.95 Å². The van der Waals surface area contributed by atoms with Crippen LogP contribution in [0.15, 0.2) is 47.1 Å². The van der Waals surface area contributed by atoms with Gasteiger partial charge in [0, 0.05) is 16.7 Å². The summed E-state index contributed by atoms with van der Waals surface area (Å²) in [7, 11) is 0. The average Bonchev–Trinajstić information content (AvgIpc) is 2.17. The first kappa shape index (κ1) is 10.1. The molecule has 0 saturated heterocycles. The Morgan fingerprint density at radius 1 is 1.13 bits per heavy atom. The lowest BCUT2D eigenvalue weighted by atomic mass is 10.3. The van der Waals surface area contributed by atoms with Gasteiger partial charge in [-0.15, -0.1) is 0 Å². The molecule has 0 atom stereocenters. The molecular weight excluding hydrogens is 261 g/mol. The smallest absolute Gasteiger partial charge is 0.216 e. The molecule has 0 amide bonds. The Hall–Kier alpha value is -1.42. The third-order valence-electron chi connectivity index (χ3n) is 1.73. The molecule has 2 nitrogen and oxygen atoms in total. The molecule has 1 aromatic carbocycles. The Balaban J connectivity index is 2.22. The molecule has 2 aromatic rings. The van der Waals surface area contributed by atoms with Gasteiger partial charge in [0.1, 0.15) is 11.5 Å². The highest BCUT2D eigenvalue weighted by Gasteiger charge is 1.99. The maximum Gasteiger partial charge on any atom is 0.216 e. The molecule has 0 aliphatic carbocycles. The number of ether oxygens (including phenoxy) is 1. The molecule has 0 radical (unpaired) electrons. The molecule has 1 heterocycles. The second kappa shape index (κ2) is 4.40. The fraction of sp³-hybridized carbons (Fsp3) is 0. The number of benzene rings is 1. The summed E-state index contributed by atoms with van der Waals surface area (Å²) in [6.45, 7) is 0. The topological polar surface area (TPSA) is 22.1 Å². The van der Waals surface area contributed by atoms with E-state index in [1.165, 1.54) is 12.3 Å². The number of nitrogens with zero attached hydrogens (tertiary/aromatic N) is 1. The summed E-state index contributed by atoms with van der Waals surface area (Å²) < 4.78 is 19.1. The molecule has 0 unspecified atom stereocenters. The lowest BCUT2D eigenvalue weighted by Gasteiger charge is -2.05. The first-order chi connectivity index (χ1) is 7.24. The summed E-state index contributed by atoms with van der Waals surface area (Å²) in [4.78, 5) is 3.44. The largest absolute Gasteiger partial charge is 0.457 e. The number of aromatic nitrogens is 1. The van der Waals surface area contributed by atoms with Gasteiger partial charge in [-0.05, 0) is 24.3 Å². The van der Waals surface area contributed by atoms with Crippen molar-refractivity contribution in [2.75, 3.05) is 0 Å². The van der Waals surface area contributed by atoms with Crippen LogP contribution >= 0.6 is 15.9 Å². The zero-order chi connectivity index (χ0) is 10.7. The van der Waals surface area contributed by atoms with Crippen molar-refractivity contribution in [3.8, 4) is 11.5 Å². The van der Waals surface area contributed by atoms with E-state index >= 15 is 0 Å². The van der Waals surface area contributed by atoms with Crippen LogP contribution in [0.5, 0.6) is 11.5 Å². The molecule has 0 bridgehead atoms. The molecule has 0 saturated carbocycles. The van der Waals surface area contributed by atoms with Crippen molar-refractivity contribution in [3.63, 3.8) is 0 Å². The fourth-order valence-corrected chi connectivity index (χ4v) is 1.49. The lowest BCUT2D eigenvalue weighted by Crippen LogP contribution is -1.86. The molecule has 2 rings (SSSR count). The summed E-state index contributed by atoms with van der Waals surface area (Å²) >= 11 is 3.32. The predicted molar refractivity (Wildman–Crippen MR) is 58.4 cm³/mol. The molecule has 0 spiro atoms. The second-order valence-electron chi connectivity index (χ2n) is 2.87. The SMILES string of the molecule is Fc1cc(Oc2cccc(Br)c2)ccn1. The molecular formula is C11H7BrFNO. The van der Waals surface area contributed by atoms with Crippen molar-refractivity contribution in [1.82, 2.24) is 4.98 Å². The number of hydrogen-bond acceptors (Lipinski definition) is 2. The van der Waals surface area contributed by atoms with E-state index in [0.717, 1.165) is 4.47 Å². The summed E-state index contributed by atoms with van der Waals surface area (Å²) in [5, 5.41) is 0. The van der Waals surface area contributed by atoms with Gasteiger partial charge in [0.25, 0.3) is 0 Å². The van der Waals surface area contributed by atoms with Crippen molar-refractivity contribution in [1.29, 1.82) is 0 Å². The minimum atomic E-state index is -0.553. The zero-order valence-corrected chi connectivity index (χ0v) is 9.24. The van der Waals surface area contributed by atoms with Crippen molar-refractivity contribution < 1.29 is 9.13 Å². The van der Waals surface area contributed by atoms with E-state index in [-0.39, 0.29) is 0 Å². The normalized spacial score (nSPS) is 10.0. The number of hydrogen-bond donors (Lipinski definition) is 0. The van der Waals surface area contributed by atoms with Gasteiger partial charge in [-0.1, -0.05) is 22.0 Å². The minimum Gasteiger partial charge on any atom is -0.457 e. The van der Waals surface area contributed by atoms with E-state index in [0.29, 0.717) is 11.5 Å². The van der Waals surface area contributed by atoms with E-state index in [4.69, 9.17) is 4.74 Å². The quantitative estimate of drug-likeness (QED) is 0.773. The van der Waals surface area contributed by atoms with Crippen LogP contribution in [-0.4, -0.2) is 4.98 Å². The number of rotatable bonds is 2. The summed E-state index contributed by atoms with van der Waals surface area (Å²) in [5.74, 6) is 0.526. The highest BCUT2D eigenvalue weighted by molar-refractivity contribution is 9.10. The van der Waals surface area contributed by atoms with Crippen LogP contribution in [0.4, 0.5) is 4.39 Å². The molecule has 76 valence electrons. The van der Waals surface area contributed by atoms with Gasteiger partial charge in [-0.25, -0.2) is 4.98 Å². The first-order valence-corrected chi connectivity index (χ1v) is 5.08. The Kier molecular flexibility index (Phi) is 2.97. The highest BCUT2D eigenvalue weighted by Crippen LogP contribution is 2.23. The maximum atomic E-state index is 12.7.